The van der Waals surface area contributed by atoms with Crippen molar-refractivity contribution in [3.8, 4) is 0 Å². The predicted octanol–water partition coefficient (Wildman–Crippen LogP) is 2.90. The fourth-order valence-electron chi connectivity index (χ4n) is 1.79. The maximum absolute atomic E-state index is 11.4. The van der Waals surface area contributed by atoms with Gasteiger partial charge in [-0.2, -0.15) is 0 Å². The molecule has 0 saturated heterocycles. The van der Waals surface area contributed by atoms with Gasteiger partial charge in [-0.15, -0.1) is 0 Å². The number of thioether (sulfide) groups is 1. The summed E-state index contributed by atoms with van der Waals surface area (Å²) in [5.41, 5.74) is 3.01. The molecule has 0 bridgehead atoms. The van der Waals surface area contributed by atoms with Crippen LogP contribution in [0.25, 0.3) is 10.9 Å². The van der Waals surface area contributed by atoms with Gasteiger partial charge in [-0.1, -0.05) is 23.4 Å². The first-order chi connectivity index (χ1) is 9.01. The molecule has 0 radical (unpaired) electrons. The van der Waals surface area contributed by atoms with E-state index in [1.165, 1.54) is 24.4 Å². The number of carbonyl (C=O) groups excluding carboxylic acids is 1. The third-order valence-electron chi connectivity index (χ3n) is 2.84. The third kappa shape index (κ3) is 3.04. The Labute approximate surface area is 116 Å². The van der Waals surface area contributed by atoms with Crippen LogP contribution in [0.3, 0.4) is 0 Å². The number of nitrogens with zero attached hydrogens (tertiary/aromatic N) is 2. The van der Waals surface area contributed by atoms with Crippen LogP contribution in [0.1, 0.15) is 18.2 Å². The SMILES string of the molecule is COC(=O)[C@H](C)Sc1nc(C)c2cc(C)ccc2n1. The summed E-state index contributed by atoms with van der Waals surface area (Å²) in [4.78, 5) is 20.3. The van der Waals surface area contributed by atoms with E-state index in [1.807, 2.05) is 26.0 Å². The molecule has 2 aromatic rings. The Bertz CT molecular complexity index is 628. The minimum atomic E-state index is -0.313. The number of rotatable bonds is 3. The van der Waals surface area contributed by atoms with Crippen LogP contribution in [-0.4, -0.2) is 28.3 Å². The van der Waals surface area contributed by atoms with Crippen molar-refractivity contribution in [1.29, 1.82) is 0 Å². The number of benzene rings is 1. The number of hydrogen-bond acceptors (Lipinski definition) is 5. The van der Waals surface area contributed by atoms with E-state index in [2.05, 4.69) is 16.0 Å². The number of carbonyl (C=O) groups is 1. The van der Waals surface area contributed by atoms with E-state index in [1.54, 1.807) is 6.92 Å². The normalized spacial score (nSPS) is 12.4. The van der Waals surface area contributed by atoms with Crippen LogP contribution in [0.4, 0.5) is 0 Å². The smallest absolute Gasteiger partial charge is 0.318 e. The molecule has 100 valence electrons. The van der Waals surface area contributed by atoms with Gasteiger partial charge in [0.05, 0.1) is 12.6 Å². The third-order valence-corrected chi connectivity index (χ3v) is 3.78. The number of ether oxygens (including phenoxy) is 1. The van der Waals surface area contributed by atoms with Gasteiger partial charge in [0.2, 0.25) is 0 Å². The first-order valence-corrected chi connectivity index (χ1v) is 6.88. The minimum absolute atomic E-state index is 0.268. The molecule has 0 saturated carbocycles. The Morgan fingerprint density at radius 1 is 1.32 bits per heavy atom. The summed E-state index contributed by atoms with van der Waals surface area (Å²) in [5.74, 6) is -0.268. The zero-order valence-electron chi connectivity index (χ0n) is 11.4. The van der Waals surface area contributed by atoms with Crippen molar-refractivity contribution >= 4 is 28.6 Å². The molecule has 1 aromatic carbocycles. The lowest BCUT2D eigenvalue weighted by Crippen LogP contribution is -2.15. The Morgan fingerprint density at radius 3 is 2.74 bits per heavy atom. The molecule has 0 aliphatic heterocycles. The van der Waals surface area contributed by atoms with Crippen molar-refractivity contribution in [1.82, 2.24) is 9.97 Å². The molecule has 0 N–H and O–H groups in total. The van der Waals surface area contributed by atoms with Gasteiger partial charge in [-0.25, -0.2) is 9.97 Å². The van der Waals surface area contributed by atoms with Gasteiger partial charge >= 0.3 is 5.97 Å². The number of fused-ring (bicyclic) bond motifs is 1. The van der Waals surface area contributed by atoms with Crippen LogP contribution in [0.15, 0.2) is 23.4 Å². The highest BCUT2D eigenvalue weighted by atomic mass is 32.2. The fourth-order valence-corrected chi connectivity index (χ4v) is 2.64. The Hall–Kier alpha value is -1.62. The highest BCUT2D eigenvalue weighted by Crippen LogP contribution is 2.24. The predicted molar refractivity (Wildman–Crippen MR) is 76.3 cm³/mol. The maximum atomic E-state index is 11.4. The van der Waals surface area contributed by atoms with Gasteiger partial charge in [-0.3, -0.25) is 4.79 Å². The second-order valence-corrected chi connectivity index (χ2v) is 5.70. The zero-order chi connectivity index (χ0) is 14.0. The van der Waals surface area contributed by atoms with Crippen LogP contribution in [0.5, 0.6) is 0 Å². The first kappa shape index (κ1) is 13.8. The highest BCUT2D eigenvalue weighted by molar-refractivity contribution is 8.00. The standard InChI is InChI=1S/C14H16N2O2S/c1-8-5-6-12-11(7-8)9(2)15-14(16-12)19-10(3)13(17)18-4/h5-7,10H,1-4H3/t10-/m0/s1. The van der Waals surface area contributed by atoms with Crippen LogP contribution in [-0.2, 0) is 9.53 Å². The van der Waals surface area contributed by atoms with E-state index in [0.717, 1.165) is 16.6 Å². The molecular weight excluding hydrogens is 260 g/mol. The number of methoxy groups -OCH3 is 1. The molecule has 0 aliphatic carbocycles. The van der Waals surface area contributed by atoms with E-state index >= 15 is 0 Å². The fraction of sp³-hybridized carbons (Fsp3) is 0.357. The number of hydrogen-bond donors (Lipinski definition) is 0. The molecule has 4 nitrogen and oxygen atoms in total. The molecule has 0 aliphatic rings. The van der Waals surface area contributed by atoms with Crippen molar-refractivity contribution in [2.75, 3.05) is 7.11 Å². The van der Waals surface area contributed by atoms with Crippen molar-refractivity contribution in [2.45, 2.75) is 31.2 Å². The van der Waals surface area contributed by atoms with Gasteiger partial charge in [0.1, 0.15) is 5.25 Å². The molecule has 0 spiro atoms. The summed E-state index contributed by atoms with van der Waals surface area (Å²) < 4.78 is 4.70. The Balaban J connectivity index is 2.36. The largest absolute Gasteiger partial charge is 0.468 e. The van der Waals surface area contributed by atoms with Crippen molar-refractivity contribution < 1.29 is 9.53 Å². The second kappa shape index (κ2) is 5.57. The van der Waals surface area contributed by atoms with E-state index in [-0.39, 0.29) is 11.2 Å². The van der Waals surface area contributed by atoms with Gasteiger partial charge in [0.15, 0.2) is 5.16 Å². The molecule has 0 amide bonds. The Kier molecular flexibility index (Phi) is 4.04. The first-order valence-electron chi connectivity index (χ1n) is 6.00. The van der Waals surface area contributed by atoms with Crippen molar-refractivity contribution in [3.05, 3.63) is 29.5 Å². The quantitative estimate of drug-likeness (QED) is 0.490. The van der Waals surface area contributed by atoms with Crippen molar-refractivity contribution in [2.24, 2.45) is 0 Å². The lowest BCUT2D eigenvalue weighted by molar-refractivity contribution is -0.139. The monoisotopic (exact) mass is 276 g/mol. The summed E-state index contributed by atoms with van der Waals surface area (Å²) in [6, 6.07) is 6.07. The van der Waals surface area contributed by atoms with E-state index in [0.29, 0.717) is 5.16 Å². The zero-order valence-corrected chi connectivity index (χ0v) is 12.2. The average Bonchev–Trinajstić information content (AvgIpc) is 2.38. The topological polar surface area (TPSA) is 52.1 Å². The molecule has 0 fully saturated rings. The molecule has 19 heavy (non-hydrogen) atoms. The molecule has 1 heterocycles. The minimum Gasteiger partial charge on any atom is -0.468 e. The molecule has 1 aromatic heterocycles. The Morgan fingerprint density at radius 2 is 2.05 bits per heavy atom. The summed E-state index contributed by atoms with van der Waals surface area (Å²) in [6.07, 6.45) is 0. The molecule has 5 heteroatoms. The van der Waals surface area contributed by atoms with Crippen LogP contribution < -0.4 is 0 Å². The van der Waals surface area contributed by atoms with Crippen LogP contribution >= 0.6 is 11.8 Å². The maximum Gasteiger partial charge on any atom is 0.318 e. The molecule has 2 rings (SSSR count). The molecular formula is C14H16N2O2S. The van der Waals surface area contributed by atoms with Gasteiger partial charge in [0.25, 0.3) is 0 Å². The number of aromatic nitrogens is 2. The lowest BCUT2D eigenvalue weighted by Gasteiger charge is -2.09. The summed E-state index contributed by atoms with van der Waals surface area (Å²) in [5, 5.41) is 1.34. The summed E-state index contributed by atoms with van der Waals surface area (Å²) >= 11 is 1.31. The van der Waals surface area contributed by atoms with E-state index < -0.39 is 0 Å². The number of aryl methyl sites for hydroxylation is 2. The molecule has 1 atom stereocenters. The van der Waals surface area contributed by atoms with E-state index in [9.17, 15) is 4.79 Å². The van der Waals surface area contributed by atoms with E-state index in [4.69, 9.17) is 4.74 Å². The van der Waals surface area contributed by atoms with Crippen molar-refractivity contribution in [3.63, 3.8) is 0 Å². The van der Waals surface area contributed by atoms with Crippen LogP contribution in [0.2, 0.25) is 0 Å². The average molecular weight is 276 g/mol. The molecule has 0 unspecified atom stereocenters. The number of esters is 1. The summed E-state index contributed by atoms with van der Waals surface area (Å²) in [7, 11) is 1.38. The highest BCUT2D eigenvalue weighted by Gasteiger charge is 2.17. The second-order valence-electron chi connectivity index (χ2n) is 4.40. The van der Waals surface area contributed by atoms with Crippen LogP contribution in [0, 0.1) is 13.8 Å². The lowest BCUT2D eigenvalue weighted by atomic mass is 10.1. The van der Waals surface area contributed by atoms with Gasteiger partial charge < -0.3 is 4.74 Å². The summed E-state index contributed by atoms with van der Waals surface area (Å²) in [6.45, 7) is 5.78. The van der Waals surface area contributed by atoms with Gasteiger partial charge in [0, 0.05) is 11.1 Å². The van der Waals surface area contributed by atoms with Gasteiger partial charge in [-0.05, 0) is 32.9 Å².